The van der Waals surface area contributed by atoms with E-state index < -0.39 is 0 Å². The van der Waals surface area contributed by atoms with Crippen LogP contribution in [0.15, 0.2) is 24.3 Å². The summed E-state index contributed by atoms with van der Waals surface area (Å²) in [4.78, 5) is 4.34. The number of nitrogens with one attached hydrogen (secondary N) is 1. The predicted molar refractivity (Wildman–Crippen MR) is 56.4 cm³/mol. The second kappa shape index (κ2) is 3.74. The average Bonchev–Trinajstić information content (AvgIpc) is 2.46. The fourth-order valence-electron chi connectivity index (χ4n) is 0.979. The lowest BCUT2D eigenvalue weighted by Gasteiger charge is -1.84. The molecule has 12 heavy (non-hydrogen) atoms. The van der Waals surface area contributed by atoms with Crippen LogP contribution in [0.3, 0.4) is 0 Å². The van der Waals surface area contributed by atoms with Crippen LogP contribution in [0.1, 0.15) is 0 Å². The van der Waals surface area contributed by atoms with Gasteiger partial charge in [0.25, 0.3) is 0 Å². The Morgan fingerprint density at radius 3 is 2.75 bits per heavy atom. The van der Waals surface area contributed by atoms with E-state index in [4.69, 9.17) is 0 Å². The van der Waals surface area contributed by atoms with Crippen molar-refractivity contribution in [2.75, 3.05) is 12.4 Å². The molecule has 0 aliphatic carbocycles. The molecule has 0 amide bonds. The van der Waals surface area contributed by atoms with Crippen molar-refractivity contribution in [3.63, 3.8) is 0 Å². The van der Waals surface area contributed by atoms with E-state index in [1.165, 1.54) is 4.70 Å². The first-order valence-electron chi connectivity index (χ1n) is 3.43. The highest BCUT2D eigenvalue weighted by Gasteiger charge is 1.98. The second-order valence-electron chi connectivity index (χ2n) is 2.24. The number of fused-ring (bicyclic) bond motifs is 1. The molecule has 1 heterocycles. The molecule has 1 aromatic carbocycles. The Labute approximate surface area is 81.0 Å². The number of benzene rings is 1. The van der Waals surface area contributed by atoms with Crippen LogP contribution in [0, 0.1) is 0 Å². The zero-order chi connectivity index (χ0) is 7.68. The van der Waals surface area contributed by atoms with Crippen LogP contribution >= 0.6 is 23.7 Å². The summed E-state index contributed by atoms with van der Waals surface area (Å²) in [6, 6.07) is 8.13. The third-order valence-electron chi connectivity index (χ3n) is 1.51. The van der Waals surface area contributed by atoms with Crippen LogP contribution in [-0.2, 0) is 0 Å². The third kappa shape index (κ3) is 1.52. The molecule has 0 radical (unpaired) electrons. The van der Waals surface area contributed by atoms with Crippen molar-refractivity contribution < 1.29 is 0 Å². The molecule has 0 aliphatic heterocycles. The van der Waals surface area contributed by atoms with E-state index in [0.29, 0.717) is 0 Å². The molecule has 0 unspecified atom stereocenters. The smallest absolute Gasteiger partial charge is 0.183 e. The molecular formula is C8H9ClN2S. The number of rotatable bonds is 1. The van der Waals surface area contributed by atoms with Crippen LogP contribution < -0.4 is 5.32 Å². The molecule has 2 aromatic rings. The van der Waals surface area contributed by atoms with Crippen molar-refractivity contribution in [2.45, 2.75) is 0 Å². The van der Waals surface area contributed by atoms with Gasteiger partial charge < -0.3 is 5.32 Å². The molecule has 0 bridgehead atoms. The summed E-state index contributed by atoms with van der Waals surface area (Å²) in [7, 11) is 1.89. The van der Waals surface area contributed by atoms with Gasteiger partial charge in [-0.15, -0.1) is 12.4 Å². The molecule has 2 rings (SSSR count). The molecule has 4 heteroatoms. The molecule has 0 aliphatic rings. The number of para-hydroxylation sites is 1. The van der Waals surface area contributed by atoms with E-state index >= 15 is 0 Å². The summed E-state index contributed by atoms with van der Waals surface area (Å²) in [5.74, 6) is 0. The van der Waals surface area contributed by atoms with Gasteiger partial charge in [-0.3, -0.25) is 0 Å². The Morgan fingerprint density at radius 1 is 1.33 bits per heavy atom. The number of nitrogens with zero attached hydrogens (tertiary/aromatic N) is 1. The van der Waals surface area contributed by atoms with Gasteiger partial charge in [-0.2, -0.15) is 0 Å². The Hall–Kier alpha value is -0.800. The summed E-state index contributed by atoms with van der Waals surface area (Å²) in [6.45, 7) is 0. The molecular weight excluding hydrogens is 192 g/mol. The summed E-state index contributed by atoms with van der Waals surface area (Å²) < 4.78 is 1.23. The maximum atomic E-state index is 4.34. The maximum Gasteiger partial charge on any atom is 0.183 e. The lowest BCUT2D eigenvalue weighted by molar-refractivity contribution is 1.41. The normalized spacial score (nSPS) is 9.42. The quantitative estimate of drug-likeness (QED) is 0.766. The largest absolute Gasteiger partial charge is 0.365 e. The number of thiazole rings is 1. The minimum Gasteiger partial charge on any atom is -0.365 e. The molecule has 64 valence electrons. The standard InChI is InChI=1S/C8H8N2S.ClH/c1-9-8-10-6-4-2-3-5-7(6)11-8;/h2-5H,1H3,(H,9,10);1H. The molecule has 1 aromatic heterocycles. The number of hydrogen-bond acceptors (Lipinski definition) is 3. The van der Waals surface area contributed by atoms with E-state index in [9.17, 15) is 0 Å². The van der Waals surface area contributed by atoms with Crippen LogP contribution in [0.25, 0.3) is 10.2 Å². The third-order valence-corrected chi connectivity index (χ3v) is 2.56. The number of halogens is 1. The van der Waals surface area contributed by atoms with Crippen LogP contribution in [0.2, 0.25) is 0 Å². The molecule has 2 nitrogen and oxygen atoms in total. The van der Waals surface area contributed by atoms with Crippen molar-refractivity contribution in [1.82, 2.24) is 4.98 Å². The predicted octanol–water partition coefficient (Wildman–Crippen LogP) is 2.76. The van der Waals surface area contributed by atoms with Gasteiger partial charge in [-0.25, -0.2) is 4.98 Å². The highest BCUT2D eigenvalue weighted by Crippen LogP contribution is 2.24. The first-order chi connectivity index (χ1) is 5.40. The minimum absolute atomic E-state index is 0. The Balaban J connectivity index is 0.000000720. The Kier molecular flexibility index (Phi) is 2.89. The van der Waals surface area contributed by atoms with Gasteiger partial charge in [0.15, 0.2) is 5.13 Å². The number of aromatic nitrogens is 1. The minimum atomic E-state index is 0. The lowest BCUT2D eigenvalue weighted by Crippen LogP contribution is -1.83. The Bertz CT molecular complexity index is 339. The molecule has 1 N–H and O–H groups in total. The van der Waals surface area contributed by atoms with Crippen molar-refractivity contribution >= 4 is 39.1 Å². The summed E-state index contributed by atoms with van der Waals surface area (Å²) in [6.07, 6.45) is 0. The SMILES string of the molecule is CNc1nc2ccccc2s1.Cl. The second-order valence-corrected chi connectivity index (χ2v) is 3.27. The first-order valence-corrected chi connectivity index (χ1v) is 4.25. The zero-order valence-electron chi connectivity index (χ0n) is 6.57. The summed E-state index contributed by atoms with van der Waals surface area (Å²) >= 11 is 1.68. The highest BCUT2D eigenvalue weighted by atomic mass is 35.5. The summed E-state index contributed by atoms with van der Waals surface area (Å²) in [5.41, 5.74) is 1.07. The molecule has 0 atom stereocenters. The average molecular weight is 201 g/mol. The van der Waals surface area contributed by atoms with Gasteiger partial charge in [-0.1, -0.05) is 23.5 Å². The van der Waals surface area contributed by atoms with Gasteiger partial charge in [0.1, 0.15) is 0 Å². The van der Waals surface area contributed by atoms with Gasteiger partial charge in [0.2, 0.25) is 0 Å². The highest BCUT2D eigenvalue weighted by molar-refractivity contribution is 7.22. The van der Waals surface area contributed by atoms with Crippen LogP contribution in [0.4, 0.5) is 5.13 Å². The van der Waals surface area contributed by atoms with Crippen LogP contribution in [-0.4, -0.2) is 12.0 Å². The van der Waals surface area contributed by atoms with Gasteiger partial charge >= 0.3 is 0 Å². The van der Waals surface area contributed by atoms with E-state index in [2.05, 4.69) is 16.4 Å². The molecule has 0 fully saturated rings. The van der Waals surface area contributed by atoms with Crippen molar-refractivity contribution in [2.24, 2.45) is 0 Å². The maximum absolute atomic E-state index is 4.34. The number of anilines is 1. The molecule has 0 spiro atoms. The fourth-order valence-corrected chi connectivity index (χ4v) is 1.80. The van der Waals surface area contributed by atoms with E-state index in [1.807, 2.05) is 25.2 Å². The molecule has 0 saturated heterocycles. The first kappa shape index (κ1) is 9.29. The fraction of sp³-hybridized carbons (Fsp3) is 0.125. The topological polar surface area (TPSA) is 24.9 Å². The van der Waals surface area contributed by atoms with E-state index in [0.717, 1.165) is 10.6 Å². The van der Waals surface area contributed by atoms with Gasteiger partial charge in [0.05, 0.1) is 10.2 Å². The Morgan fingerprint density at radius 2 is 2.08 bits per heavy atom. The zero-order valence-corrected chi connectivity index (χ0v) is 8.21. The van der Waals surface area contributed by atoms with Crippen LogP contribution in [0.5, 0.6) is 0 Å². The van der Waals surface area contributed by atoms with E-state index in [1.54, 1.807) is 11.3 Å². The lowest BCUT2D eigenvalue weighted by atomic mass is 10.3. The number of hydrogen-bond donors (Lipinski definition) is 1. The monoisotopic (exact) mass is 200 g/mol. The van der Waals surface area contributed by atoms with Gasteiger partial charge in [0, 0.05) is 7.05 Å². The molecule has 0 saturated carbocycles. The van der Waals surface area contributed by atoms with Gasteiger partial charge in [-0.05, 0) is 12.1 Å². The van der Waals surface area contributed by atoms with Crippen molar-refractivity contribution in [3.8, 4) is 0 Å². The van der Waals surface area contributed by atoms with E-state index in [-0.39, 0.29) is 12.4 Å². The summed E-state index contributed by atoms with van der Waals surface area (Å²) in [5, 5.41) is 4.00. The van der Waals surface area contributed by atoms with Crippen molar-refractivity contribution in [1.29, 1.82) is 0 Å². The van der Waals surface area contributed by atoms with Crippen molar-refractivity contribution in [3.05, 3.63) is 24.3 Å².